The third-order valence-electron chi connectivity index (χ3n) is 5.93. The highest BCUT2D eigenvalue weighted by atomic mass is 15.2. The first-order valence-electron chi connectivity index (χ1n) is 10.3. The summed E-state index contributed by atoms with van der Waals surface area (Å²) in [6.07, 6.45) is 8.95. The second-order valence-corrected chi connectivity index (χ2v) is 7.83. The van der Waals surface area contributed by atoms with Crippen molar-refractivity contribution in [1.29, 1.82) is 0 Å². The van der Waals surface area contributed by atoms with Crippen molar-refractivity contribution in [2.45, 2.75) is 38.6 Å². The third-order valence-corrected chi connectivity index (χ3v) is 5.93. The van der Waals surface area contributed by atoms with Gasteiger partial charge in [-0.1, -0.05) is 12.8 Å². The minimum Gasteiger partial charge on any atom is -0.368 e. The van der Waals surface area contributed by atoms with Crippen LogP contribution in [0.1, 0.15) is 37.4 Å². The summed E-state index contributed by atoms with van der Waals surface area (Å²) >= 11 is 0. The van der Waals surface area contributed by atoms with Crippen LogP contribution in [0.2, 0.25) is 0 Å². The van der Waals surface area contributed by atoms with Crippen LogP contribution in [0.15, 0.2) is 30.6 Å². The number of hydrogen-bond donors (Lipinski definition) is 2. The van der Waals surface area contributed by atoms with Gasteiger partial charge in [-0.15, -0.1) is 0 Å². The Balaban J connectivity index is 1.38. The second-order valence-electron chi connectivity index (χ2n) is 7.83. The summed E-state index contributed by atoms with van der Waals surface area (Å²) in [5.41, 5.74) is 3.46. The lowest BCUT2D eigenvalue weighted by atomic mass is 10.2. The topological polar surface area (TPSA) is 70.9 Å². The van der Waals surface area contributed by atoms with E-state index in [9.17, 15) is 0 Å². The zero-order valence-electron chi connectivity index (χ0n) is 16.4. The Bertz CT molecular complexity index is 951. The standard InChI is InChI=1S/C21H27N7/c1-15-12-16-13-24-21(26-20(16)28(15)17-4-2-3-5-17)25-19-7-6-18(14-23-19)27-10-8-22-9-11-27/h6-7,12-14,17,22H,2-5,8-11H2,1H3,(H,23,24,25,26). The maximum atomic E-state index is 4.83. The number of fused-ring (bicyclic) bond motifs is 1. The molecule has 0 radical (unpaired) electrons. The first-order chi connectivity index (χ1) is 13.8. The van der Waals surface area contributed by atoms with E-state index in [1.807, 2.05) is 18.5 Å². The van der Waals surface area contributed by atoms with E-state index < -0.39 is 0 Å². The average Bonchev–Trinajstić information content (AvgIpc) is 3.36. The van der Waals surface area contributed by atoms with Crippen LogP contribution < -0.4 is 15.5 Å². The summed E-state index contributed by atoms with van der Waals surface area (Å²) in [4.78, 5) is 16.3. The Kier molecular flexibility index (Phi) is 4.60. The van der Waals surface area contributed by atoms with Crippen molar-refractivity contribution in [3.05, 3.63) is 36.3 Å². The lowest BCUT2D eigenvalue weighted by Crippen LogP contribution is -2.43. The van der Waals surface area contributed by atoms with Crippen molar-refractivity contribution >= 4 is 28.5 Å². The van der Waals surface area contributed by atoms with Gasteiger partial charge in [-0.3, -0.25) is 0 Å². The Labute approximate surface area is 165 Å². The lowest BCUT2D eigenvalue weighted by molar-refractivity contribution is 0.522. The van der Waals surface area contributed by atoms with E-state index in [0.29, 0.717) is 12.0 Å². The first-order valence-corrected chi connectivity index (χ1v) is 10.3. The fourth-order valence-corrected chi connectivity index (χ4v) is 4.51. The molecule has 3 aromatic rings. The van der Waals surface area contributed by atoms with E-state index in [1.54, 1.807) is 0 Å². The molecule has 0 spiro atoms. The quantitative estimate of drug-likeness (QED) is 0.726. The number of piperazine rings is 1. The number of nitrogens with zero attached hydrogens (tertiary/aromatic N) is 5. The van der Waals surface area contributed by atoms with Crippen molar-refractivity contribution in [3.8, 4) is 0 Å². The summed E-state index contributed by atoms with van der Waals surface area (Å²) in [5.74, 6) is 1.38. The number of anilines is 3. The van der Waals surface area contributed by atoms with Crippen molar-refractivity contribution in [2.75, 3.05) is 36.4 Å². The zero-order chi connectivity index (χ0) is 18.9. The van der Waals surface area contributed by atoms with E-state index in [2.05, 4.69) is 49.1 Å². The first kappa shape index (κ1) is 17.4. The van der Waals surface area contributed by atoms with Crippen LogP contribution in [0.3, 0.4) is 0 Å². The highest BCUT2D eigenvalue weighted by molar-refractivity contribution is 5.78. The summed E-state index contributed by atoms with van der Waals surface area (Å²) < 4.78 is 2.40. The normalized spacial score (nSPS) is 18.1. The van der Waals surface area contributed by atoms with Gasteiger partial charge in [-0.25, -0.2) is 9.97 Å². The minimum atomic E-state index is 0.566. The van der Waals surface area contributed by atoms with E-state index >= 15 is 0 Å². The van der Waals surface area contributed by atoms with Crippen molar-refractivity contribution in [1.82, 2.24) is 24.8 Å². The van der Waals surface area contributed by atoms with E-state index in [4.69, 9.17) is 4.98 Å². The van der Waals surface area contributed by atoms with Gasteiger partial charge in [-0.2, -0.15) is 4.98 Å². The summed E-state index contributed by atoms with van der Waals surface area (Å²) in [5, 5.41) is 7.76. The maximum Gasteiger partial charge on any atom is 0.230 e. The molecule has 0 amide bonds. The van der Waals surface area contributed by atoms with Crippen LogP contribution in [-0.2, 0) is 0 Å². The fourth-order valence-electron chi connectivity index (χ4n) is 4.51. The molecule has 0 unspecified atom stereocenters. The van der Waals surface area contributed by atoms with Gasteiger partial charge < -0.3 is 20.1 Å². The van der Waals surface area contributed by atoms with Crippen LogP contribution in [0, 0.1) is 6.92 Å². The predicted octanol–water partition coefficient (Wildman–Crippen LogP) is 3.40. The molecule has 2 N–H and O–H groups in total. The molecular weight excluding hydrogens is 350 g/mol. The molecular formula is C21H27N7. The highest BCUT2D eigenvalue weighted by Crippen LogP contribution is 2.34. The molecule has 2 aliphatic rings. The van der Waals surface area contributed by atoms with Crippen LogP contribution in [0.25, 0.3) is 11.0 Å². The molecule has 1 saturated heterocycles. The van der Waals surface area contributed by atoms with Gasteiger partial charge in [0.2, 0.25) is 5.95 Å². The van der Waals surface area contributed by atoms with Crippen LogP contribution in [0.4, 0.5) is 17.5 Å². The third kappa shape index (κ3) is 3.30. The SMILES string of the molecule is Cc1cc2cnc(Nc3ccc(N4CCNCC4)cn3)nc2n1C1CCCC1. The molecule has 7 heteroatoms. The number of aromatic nitrogens is 4. The molecule has 3 aromatic heterocycles. The molecule has 0 atom stereocenters. The number of aryl methyl sites for hydroxylation is 1. The van der Waals surface area contributed by atoms with Gasteiger partial charge in [-0.05, 0) is 38.0 Å². The molecule has 5 rings (SSSR count). The summed E-state index contributed by atoms with van der Waals surface area (Å²) in [6.45, 7) is 6.25. The highest BCUT2D eigenvalue weighted by Gasteiger charge is 2.21. The molecule has 0 bridgehead atoms. The molecule has 2 fully saturated rings. The Hall–Kier alpha value is -2.67. The molecule has 7 nitrogen and oxygen atoms in total. The molecule has 4 heterocycles. The molecule has 28 heavy (non-hydrogen) atoms. The van der Waals surface area contributed by atoms with E-state index in [-0.39, 0.29) is 0 Å². The Morgan fingerprint density at radius 2 is 1.89 bits per heavy atom. The van der Waals surface area contributed by atoms with Gasteiger partial charge >= 0.3 is 0 Å². The Morgan fingerprint density at radius 3 is 2.64 bits per heavy atom. The van der Waals surface area contributed by atoms with Gasteiger partial charge in [0.25, 0.3) is 0 Å². The predicted molar refractivity (Wildman–Crippen MR) is 112 cm³/mol. The number of rotatable bonds is 4. The molecule has 1 aliphatic heterocycles. The summed E-state index contributed by atoms with van der Waals surface area (Å²) in [6, 6.07) is 6.88. The van der Waals surface area contributed by atoms with E-state index in [0.717, 1.165) is 48.7 Å². The molecule has 1 aliphatic carbocycles. The van der Waals surface area contributed by atoms with Crippen LogP contribution in [0.5, 0.6) is 0 Å². The van der Waals surface area contributed by atoms with Gasteiger partial charge in [0.05, 0.1) is 11.9 Å². The lowest BCUT2D eigenvalue weighted by Gasteiger charge is -2.29. The molecule has 1 saturated carbocycles. The smallest absolute Gasteiger partial charge is 0.230 e. The fraction of sp³-hybridized carbons (Fsp3) is 0.476. The van der Waals surface area contributed by atoms with Crippen molar-refractivity contribution in [3.63, 3.8) is 0 Å². The van der Waals surface area contributed by atoms with Crippen molar-refractivity contribution < 1.29 is 0 Å². The monoisotopic (exact) mass is 377 g/mol. The van der Waals surface area contributed by atoms with Crippen molar-refractivity contribution in [2.24, 2.45) is 0 Å². The summed E-state index contributed by atoms with van der Waals surface area (Å²) in [7, 11) is 0. The van der Waals surface area contributed by atoms with Gasteiger partial charge in [0.1, 0.15) is 11.5 Å². The minimum absolute atomic E-state index is 0.566. The van der Waals surface area contributed by atoms with Crippen LogP contribution >= 0.6 is 0 Å². The number of hydrogen-bond acceptors (Lipinski definition) is 6. The van der Waals surface area contributed by atoms with Crippen LogP contribution in [-0.4, -0.2) is 45.7 Å². The maximum absolute atomic E-state index is 4.83. The second kappa shape index (κ2) is 7.39. The average molecular weight is 377 g/mol. The van der Waals surface area contributed by atoms with E-state index in [1.165, 1.54) is 31.4 Å². The number of nitrogens with one attached hydrogen (secondary N) is 2. The molecule has 0 aromatic carbocycles. The number of pyridine rings is 1. The molecule has 146 valence electrons. The largest absolute Gasteiger partial charge is 0.368 e. The van der Waals surface area contributed by atoms with Gasteiger partial charge in [0, 0.05) is 49.5 Å². The zero-order valence-corrected chi connectivity index (χ0v) is 16.4. The Morgan fingerprint density at radius 1 is 1.07 bits per heavy atom. The van der Waals surface area contributed by atoms with Gasteiger partial charge in [0.15, 0.2) is 0 Å².